The predicted octanol–water partition coefficient (Wildman–Crippen LogP) is 3.34. The van der Waals surface area contributed by atoms with Crippen LogP contribution in [0.5, 0.6) is 0 Å². The lowest BCUT2D eigenvalue weighted by molar-refractivity contribution is 0.00578. The zero-order valence-electron chi connectivity index (χ0n) is 12.0. The van der Waals surface area contributed by atoms with Crippen LogP contribution in [0.3, 0.4) is 0 Å². The summed E-state index contributed by atoms with van der Waals surface area (Å²) in [6.07, 6.45) is 5.00. The summed E-state index contributed by atoms with van der Waals surface area (Å²) in [6, 6.07) is 0. The minimum Gasteiger partial charge on any atom is -0.505 e. The standard InChI is InChI=1S/C13H25BO3/c1-7-8-9-11(10-15-6)14-16-12(2,3)13(4,5)17-14/h10H,7-9H2,1-6H3/b11-10+. The Morgan fingerprint density at radius 3 is 2.12 bits per heavy atom. The molecule has 1 fully saturated rings. The summed E-state index contributed by atoms with van der Waals surface area (Å²) in [7, 11) is 1.39. The molecule has 4 heteroatoms. The van der Waals surface area contributed by atoms with Crippen molar-refractivity contribution in [2.45, 2.75) is 65.1 Å². The molecule has 0 aromatic carbocycles. The molecule has 17 heavy (non-hydrogen) atoms. The van der Waals surface area contributed by atoms with Gasteiger partial charge in [0.05, 0.1) is 24.6 Å². The molecule has 0 N–H and O–H groups in total. The Kier molecular flexibility index (Phi) is 4.67. The van der Waals surface area contributed by atoms with Gasteiger partial charge >= 0.3 is 7.12 Å². The Bertz CT molecular complexity index is 268. The fraction of sp³-hybridized carbons (Fsp3) is 0.846. The summed E-state index contributed by atoms with van der Waals surface area (Å²) in [5.74, 6) is 0. The molecule has 1 aliphatic rings. The summed E-state index contributed by atoms with van der Waals surface area (Å²) in [5, 5.41) is 0. The van der Waals surface area contributed by atoms with Crippen LogP contribution in [0.15, 0.2) is 11.7 Å². The van der Waals surface area contributed by atoms with E-state index in [0.29, 0.717) is 0 Å². The predicted molar refractivity (Wildman–Crippen MR) is 70.7 cm³/mol. The van der Waals surface area contributed by atoms with Gasteiger partial charge in [-0.3, -0.25) is 0 Å². The molecular formula is C13H25BO3. The first kappa shape index (κ1) is 14.6. The van der Waals surface area contributed by atoms with Crippen molar-refractivity contribution in [3.63, 3.8) is 0 Å². The van der Waals surface area contributed by atoms with E-state index in [1.54, 1.807) is 13.4 Å². The van der Waals surface area contributed by atoms with Crippen molar-refractivity contribution < 1.29 is 14.0 Å². The maximum Gasteiger partial charge on any atom is 0.493 e. The number of hydrogen-bond donors (Lipinski definition) is 0. The second-order valence-electron chi connectivity index (χ2n) is 5.62. The van der Waals surface area contributed by atoms with Gasteiger partial charge in [0, 0.05) is 0 Å². The van der Waals surface area contributed by atoms with Gasteiger partial charge in [0.15, 0.2) is 0 Å². The fourth-order valence-electron chi connectivity index (χ4n) is 1.76. The molecule has 0 bridgehead atoms. The normalized spacial score (nSPS) is 22.9. The van der Waals surface area contributed by atoms with Crippen molar-refractivity contribution in [3.05, 3.63) is 11.7 Å². The zero-order valence-corrected chi connectivity index (χ0v) is 12.0. The Morgan fingerprint density at radius 1 is 1.18 bits per heavy atom. The van der Waals surface area contributed by atoms with E-state index in [9.17, 15) is 0 Å². The molecule has 1 rings (SSSR count). The van der Waals surface area contributed by atoms with Crippen molar-refractivity contribution in [2.75, 3.05) is 7.11 Å². The molecular weight excluding hydrogens is 215 g/mol. The summed E-state index contributed by atoms with van der Waals surface area (Å²) in [5.41, 5.74) is 0.529. The lowest BCUT2D eigenvalue weighted by atomic mass is 9.76. The maximum absolute atomic E-state index is 6.01. The third-order valence-electron chi connectivity index (χ3n) is 3.64. The van der Waals surface area contributed by atoms with Crippen molar-refractivity contribution in [3.8, 4) is 0 Å². The highest BCUT2D eigenvalue weighted by Crippen LogP contribution is 2.39. The van der Waals surface area contributed by atoms with Crippen molar-refractivity contribution in [1.29, 1.82) is 0 Å². The molecule has 3 nitrogen and oxygen atoms in total. The topological polar surface area (TPSA) is 27.7 Å². The largest absolute Gasteiger partial charge is 0.505 e. The number of hydrogen-bond acceptors (Lipinski definition) is 3. The first-order valence-corrected chi connectivity index (χ1v) is 6.41. The van der Waals surface area contributed by atoms with Crippen LogP contribution in [0.1, 0.15) is 53.9 Å². The first-order valence-electron chi connectivity index (χ1n) is 6.41. The van der Waals surface area contributed by atoms with Gasteiger partial charge in [-0.25, -0.2) is 0 Å². The van der Waals surface area contributed by atoms with Crippen LogP contribution in [-0.4, -0.2) is 25.4 Å². The third kappa shape index (κ3) is 3.26. The number of rotatable bonds is 5. The molecule has 0 aromatic heterocycles. The number of unbranched alkanes of at least 4 members (excludes halogenated alkanes) is 1. The van der Waals surface area contributed by atoms with Crippen LogP contribution in [0.4, 0.5) is 0 Å². The van der Waals surface area contributed by atoms with Gasteiger partial charge in [-0.05, 0) is 39.6 Å². The van der Waals surface area contributed by atoms with Gasteiger partial charge < -0.3 is 14.0 Å². The summed E-state index contributed by atoms with van der Waals surface area (Å²) < 4.78 is 17.1. The number of methoxy groups -OCH3 is 1. The van der Waals surface area contributed by atoms with Gasteiger partial charge in [0.1, 0.15) is 0 Å². The second kappa shape index (κ2) is 5.45. The molecule has 0 radical (unpaired) electrons. The lowest BCUT2D eigenvalue weighted by Crippen LogP contribution is -2.41. The fourth-order valence-corrected chi connectivity index (χ4v) is 1.76. The zero-order chi connectivity index (χ0) is 13.1. The average molecular weight is 240 g/mol. The molecule has 0 aliphatic carbocycles. The molecule has 0 aromatic rings. The average Bonchev–Trinajstić information content (AvgIpc) is 2.43. The smallest absolute Gasteiger partial charge is 0.493 e. The molecule has 1 heterocycles. The molecule has 0 unspecified atom stereocenters. The highest BCUT2D eigenvalue weighted by atomic mass is 16.7. The van der Waals surface area contributed by atoms with Crippen LogP contribution in [0, 0.1) is 0 Å². The SMILES string of the molecule is CCCC/C(=C\OC)B1OC(C)(C)C(C)(C)O1. The van der Waals surface area contributed by atoms with E-state index in [0.717, 1.165) is 24.7 Å². The minimum atomic E-state index is -0.281. The van der Waals surface area contributed by atoms with Crippen LogP contribution in [0.25, 0.3) is 0 Å². The van der Waals surface area contributed by atoms with Gasteiger partial charge in [0.2, 0.25) is 0 Å². The maximum atomic E-state index is 6.01. The van der Waals surface area contributed by atoms with Crippen molar-refractivity contribution in [1.82, 2.24) is 0 Å². The van der Waals surface area contributed by atoms with Gasteiger partial charge in [-0.1, -0.05) is 19.8 Å². The molecule has 1 saturated heterocycles. The quantitative estimate of drug-likeness (QED) is 0.544. The minimum absolute atomic E-state index is 0.272. The molecule has 0 atom stereocenters. The van der Waals surface area contributed by atoms with Crippen LogP contribution >= 0.6 is 0 Å². The number of allylic oxidation sites excluding steroid dienone is 1. The van der Waals surface area contributed by atoms with E-state index in [2.05, 4.69) is 34.6 Å². The van der Waals surface area contributed by atoms with Crippen molar-refractivity contribution in [2.24, 2.45) is 0 Å². The van der Waals surface area contributed by atoms with E-state index in [4.69, 9.17) is 14.0 Å². The lowest BCUT2D eigenvalue weighted by Gasteiger charge is -2.32. The Labute approximate surface area is 106 Å². The highest BCUT2D eigenvalue weighted by molar-refractivity contribution is 6.54. The molecule has 1 aliphatic heterocycles. The van der Waals surface area contributed by atoms with E-state index < -0.39 is 0 Å². The van der Waals surface area contributed by atoms with Crippen molar-refractivity contribution >= 4 is 7.12 Å². The van der Waals surface area contributed by atoms with E-state index in [-0.39, 0.29) is 18.3 Å². The van der Waals surface area contributed by atoms with Crippen LogP contribution < -0.4 is 0 Å². The van der Waals surface area contributed by atoms with Crippen LogP contribution in [0.2, 0.25) is 0 Å². The van der Waals surface area contributed by atoms with Crippen LogP contribution in [-0.2, 0) is 14.0 Å². The summed E-state index contributed by atoms with van der Waals surface area (Å²) in [6.45, 7) is 10.4. The summed E-state index contributed by atoms with van der Waals surface area (Å²) >= 11 is 0. The third-order valence-corrected chi connectivity index (χ3v) is 3.64. The Morgan fingerprint density at radius 2 is 1.71 bits per heavy atom. The monoisotopic (exact) mass is 240 g/mol. The first-order chi connectivity index (χ1) is 7.84. The highest BCUT2D eigenvalue weighted by Gasteiger charge is 2.52. The van der Waals surface area contributed by atoms with Gasteiger partial charge in [-0.15, -0.1) is 0 Å². The molecule has 98 valence electrons. The van der Waals surface area contributed by atoms with E-state index >= 15 is 0 Å². The van der Waals surface area contributed by atoms with Gasteiger partial charge in [-0.2, -0.15) is 0 Å². The second-order valence-corrected chi connectivity index (χ2v) is 5.62. The molecule has 0 spiro atoms. The van der Waals surface area contributed by atoms with Gasteiger partial charge in [0.25, 0.3) is 0 Å². The number of ether oxygens (including phenoxy) is 1. The summed E-state index contributed by atoms with van der Waals surface area (Å²) in [4.78, 5) is 0. The van der Waals surface area contributed by atoms with E-state index in [1.807, 2.05) is 0 Å². The molecule has 0 amide bonds. The Balaban J connectivity index is 2.76. The molecule has 0 saturated carbocycles. The Hall–Kier alpha value is -0.475. The van der Waals surface area contributed by atoms with E-state index in [1.165, 1.54) is 0 Å².